The monoisotopic (exact) mass is 242 g/mol. The van der Waals surface area contributed by atoms with Crippen molar-refractivity contribution in [2.24, 2.45) is 0 Å². The third kappa shape index (κ3) is 1.76. The van der Waals surface area contributed by atoms with E-state index in [1.165, 1.54) is 40.6 Å². The lowest BCUT2D eigenvalue weighted by molar-refractivity contribution is 0.461. The molecule has 1 fully saturated rings. The van der Waals surface area contributed by atoms with Crippen molar-refractivity contribution in [2.75, 3.05) is 13.1 Å². The molecule has 2 heteroatoms. The topological polar surface area (TPSA) is 27.8 Å². The first-order valence-electron chi connectivity index (χ1n) is 6.97. The van der Waals surface area contributed by atoms with Crippen LogP contribution in [0.2, 0.25) is 0 Å². The second-order valence-corrected chi connectivity index (χ2v) is 5.64. The Morgan fingerprint density at radius 1 is 1.00 bits per heavy atom. The fourth-order valence-corrected chi connectivity index (χ4v) is 3.38. The summed E-state index contributed by atoms with van der Waals surface area (Å²) < 4.78 is 0. The second kappa shape index (κ2) is 4.43. The number of H-pyrrole nitrogens is 1. The highest BCUT2D eigenvalue weighted by molar-refractivity contribution is 5.90. The summed E-state index contributed by atoms with van der Waals surface area (Å²) in [6, 6.07) is 4.48. The number of aromatic amines is 1. The molecule has 0 aliphatic carbocycles. The summed E-state index contributed by atoms with van der Waals surface area (Å²) in [6.07, 6.45) is 2.53. The van der Waals surface area contributed by atoms with Gasteiger partial charge in [-0.2, -0.15) is 0 Å². The largest absolute Gasteiger partial charge is 0.358 e. The predicted octanol–water partition coefficient (Wildman–Crippen LogP) is 3.56. The third-order valence-corrected chi connectivity index (χ3v) is 4.36. The fourth-order valence-electron chi connectivity index (χ4n) is 3.38. The van der Waals surface area contributed by atoms with E-state index in [0.717, 1.165) is 19.0 Å². The zero-order valence-corrected chi connectivity index (χ0v) is 11.6. The van der Waals surface area contributed by atoms with E-state index in [2.05, 4.69) is 43.2 Å². The SMILES string of the molecule is Cc1[nH]c2c(C)ccc(C)c2c1C1CCNCC1. The van der Waals surface area contributed by atoms with Crippen LogP contribution in [-0.2, 0) is 0 Å². The number of fused-ring (bicyclic) bond motifs is 1. The van der Waals surface area contributed by atoms with Crippen LogP contribution >= 0.6 is 0 Å². The lowest BCUT2D eigenvalue weighted by atomic mass is 9.87. The number of rotatable bonds is 1. The molecule has 0 amide bonds. The number of benzene rings is 1. The van der Waals surface area contributed by atoms with Crippen LogP contribution in [0.5, 0.6) is 0 Å². The highest BCUT2D eigenvalue weighted by atomic mass is 14.9. The number of aryl methyl sites for hydroxylation is 3. The molecule has 2 heterocycles. The maximum absolute atomic E-state index is 3.61. The Balaban J connectivity index is 2.21. The maximum atomic E-state index is 3.61. The van der Waals surface area contributed by atoms with E-state index in [9.17, 15) is 0 Å². The van der Waals surface area contributed by atoms with Crippen LogP contribution in [0.3, 0.4) is 0 Å². The van der Waals surface area contributed by atoms with Gasteiger partial charge in [0.15, 0.2) is 0 Å². The van der Waals surface area contributed by atoms with Gasteiger partial charge in [0, 0.05) is 16.6 Å². The van der Waals surface area contributed by atoms with Crippen molar-refractivity contribution in [1.82, 2.24) is 10.3 Å². The van der Waals surface area contributed by atoms with Crippen molar-refractivity contribution in [3.8, 4) is 0 Å². The molecule has 1 saturated heterocycles. The second-order valence-electron chi connectivity index (χ2n) is 5.64. The number of nitrogens with one attached hydrogen (secondary N) is 2. The van der Waals surface area contributed by atoms with E-state index in [1.807, 2.05) is 0 Å². The van der Waals surface area contributed by atoms with E-state index in [-0.39, 0.29) is 0 Å². The fraction of sp³-hybridized carbons (Fsp3) is 0.500. The van der Waals surface area contributed by atoms with Crippen LogP contribution in [0.15, 0.2) is 12.1 Å². The summed E-state index contributed by atoms with van der Waals surface area (Å²) in [4.78, 5) is 3.61. The summed E-state index contributed by atoms with van der Waals surface area (Å²) in [5.41, 5.74) is 7.07. The molecule has 2 nitrogen and oxygen atoms in total. The Kier molecular flexibility index (Phi) is 2.90. The van der Waals surface area contributed by atoms with Gasteiger partial charge < -0.3 is 10.3 Å². The molecule has 0 atom stereocenters. The molecule has 0 saturated carbocycles. The number of hydrogen-bond donors (Lipinski definition) is 2. The van der Waals surface area contributed by atoms with Gasteiger partial charge in [-0.25, -0.2) is 0 Å². The molecule has 0 unspecified atom stereocenters. The minimum Gasteiger partial charge on any atom is -0.358 e. The third-order valence-electron chi connectivity index (χ3n) is 4.36. The van der Waals surface area contributed by atoms with Crippen LogP contribution in [0.4, 0.5) is 0 Å². The standard InChI is InChI=1S/C16H22N2/c1-10-4-5-11(2)16-14(10)15(12(3)18-16)13-6-8-17-9-7-13/h4-5,13,17-18H,6-9H2,1-3H3. The minimum atomic E-state index is 0.723. The van der Waals surface area contributed by atoms with Crippen molar-refractivity contribution in [1.29, 1.82) is 0 Å². The quantitative estimate of drug-likeness (QED) is 0.786. The first-order chi connectivity index (χ1) is 8.68. The predicted molar refractivity (Wildman–Crippen MR) is 77.4 cm³/mol. The molecule has 2 aromatic rings. The van der Waals surface area contributed by atoms with E-state index in [1.54, 1.807) is 5.56 Å². The Hall–Kier alpha value is -1.28. The van der Waals surface area contributed by atoms with E-state index < -0.39 is 0 Å². The van der Waals surface area contributed by atoms with Crippen LogP contribution in [-0.4, -0.2) is 18.1 Å². The molecule has 18 heavy (non-hydrogen) atoms. The van der Waals surface area contributed by atoms with Crippen molar-refractivity contribution in [2.45, 2.75) is 39.5 Å². The first kappa shape index (κ1) is 11.8. The average molecular weight is 242 g/mol. The van der Waals surface area contributed by atoms with Crippen LogP contribution in [0.25, 0.3) is 10.9 Å². The molecule has 1 aromatic heterocycles. The number of aromatic nitrogens is 1. The lowest BCUT2D eigenvalue weighted by Crippen LogP contribution is -2.26. The lowest BCUT2D eigenvalue weighted by Gasteiger charge is -2.23. The van der Waals surface area contributed by atoms with Crippen molar-refractivity contribution in [3.63, 3.8) is 0 Å². The Morgan fingerprint density at radius 3 is 2.39 bits per heavy atom. The van der Waals surface area contributed by atoms with Crippen LogP contribution in [0, 0.1) is 20.8 Å². The van der Waals surface area contributed by atoms with E-state index >= 15 is 0 Å². The highest BCUT2D eigenvalue weighted by Gasteiger charge is 2.22. The zero-order chi connectivity index (χ0) is 12.7. The van der Waals surface area contributed by atoms with Gasteiger partial charge in [0.25, 0.3) is 0 Å². The van der Waals surface area contributed by atoms with Gasteiger partial charge in [-0.15, -0.1) is 0 Å². The van der Waals surface area contributed by atoms with Gasteiger partial charge in [0.2, 0.25) is 0 Å². The van der Waals surface area contributed by atoms with Gasteiger partial charge in [-0.3, -0.25) is 0 Å². The Bertz CT molecular complexity index is 574. The van der Waals surface area contributed by atoms with Gasteiger partial charge in [0.1, 0.15) is 0 Å². The summed E-state index contributed by atoms with van der Waals surface area (Å²) in [7, 11) is 0. The summed E-state index contributed by atoms with van der Waals surface area (Å²) in [6.45, 7) is 8.98. The number of hydrogen-bond acceptors (Lipinski definition) is 1. The average Bonchev–Trinajstić information content (AvgIpc) is 2.74. The van der Waals surface area contributed by atoms with Gasteiger partial charge in [-0.05, 0) is 69.3 Å². The smallest absolute Gasteiger partial charge is 0.0491 e. The van der Waals surface area contributed by atoms with Gasteiger partial charge in [-0.1, -0.05) is 12.1 Å². The van der Waals surface area contributed by atoms with Crippen LogP contribution in [0.1, 0.15) is 41.1 Å². The zero-order valence-electron chi connectivity index (χ0n) is 11.6. The Morgan fingerprint density at radius 2 is 1.67 bits per heavy atom. The normalized spacial score (nSPS) is 17.5. The van der Waals surface area contributed by atoms with Crippen molar-refractivity contribution >= 4 is 10.9 Å². The molecular weight excluding hydrogens is 220 g/mol. The molecule has 2 N–H and O–H groups in total. The molecule has 1 aliphatic rings. The maximum Gasteiger partial charge on any atom is 0.0491 e. The molecule has 1 aliphatic heterocycles. The molecule has 96 valence electrons. The molecule has 0 spiro atoms. The van der Waals surface area contributed by atoms with Crippen molar-refractivity contribution in [3.05, 3.63) is 34.5 Å². The molecular formula is C16H22N2. The van der Waals surface area contributed by atoms with E-state index in [4.69, 9.17) is 0 Å². The number of piperidine rings is 1. The molecule has 0 radical (unpaired) electrons. The van der Waals surface area contributed by atoms with Crippen molar-refractivity contribution < 1.29 is 0 Å². The summed E-state index contributed by atoms with van der Waals surface area (Å²) >= 11 is 0. The summed E-state index contributed by atoms with van der Waals surface area (Å²) in [5.74, 6) is 0.723. The Labute approximate surface area is 109 Å². The van der Waals surface area contributed by atoms with E-state index in [0.29, 0.717) is 0 Å². The van der Waals surface area contributed by atoms with Gasteiger partial charge >= 0.3 is 0 Å². The van der Waals surface area contributed by atoms with Crippen LogP contribution < -0.4 is 5.32 Å². The molecule has 1 aromatic carbocycles. The minimum absolute atomic E-state index is 0.723. The first-order valence-corrected chi connectivity index (χ1v) is 6.97. The molecule has 0 bridgehead atoms. The molecule has 3 rings (SSSR count). The highest BCUT2D eigenvalue weighted by Crippen LogP contribution is 2.36. The summed E-state index contributed by atoms with van der Waals surface area (Å²) in [5, 5.41) is 4.95. The van der Waals surface area contributed by atoms with Gasteiger partial charge in [0.05, 0.1) is 0 Å².